The Morgan fingerprint density at radius 2 is 1.88 bits per heavy atom. The van der Waals surface area contributed by atoms with Crippen molar-refractivity contribution in [2.24, 2.45) is 0 Å². The van der Waals surface area contributed by atoms with E-state index in [1.807, 2.05) is 19.1 Å². The summed E-state index contributed by atoms with van der Waals surface area (Å²) in [5.41, 5.74) is 2.78. The smallest absolute Gasteiger partial charge is 0.278 e. The number of nitrogens with one attached hydrogen (secondary N) is 2. The number of anilines is 2. The predicted octanol–water partition coefficient (Wildman–Crippen LogP) is 4.64. The zero-order chi connectivity index (χ0) is 23.5. The lowest BCUT2D eigenvalue weighted by Gasteiger charge is -2.13. The minimum Gasteiger partial charge on any atom is -0.494 e. The van der Waals surface area contributed by atoms with Gasteiger partial charge in [-0.05, 0) is 25.1 Å². The largest absolute Gasteiger partial charge is 0.494 e. The van der Waals surface area contributed by atoms with E-state index in [0.29, 0.717) is 11.5 Å². The van der Waals surface area contributed by atoms with Gasteiger partial charge in [-0.3, -0.25) is 14.8 Å². The highest BCUT2D eigenvalue weighted by atomic mass is 19.3. The van der Waals surface area contributed by atoms with E-state index in [0.717, 1.165) is 40.0 Å². The van der Waals surface area contributed by atoms with Crippen LogP contribution in [-0.4, -0.2) is 40.0 Å². The van der Waals surface area contributed by atoms with Crippen molar-refractivity contribution >= 4 is 28.3 Å². The number of carbonyl (C=O) groups is 1. The van der Waals surface area contributed by atoms with Gasteiger partial charge in [0.15, 0.2) is 11.4 Å². The van der Waals surface area contributed by atoms with Gasteiger partial charge in [0, 0.05) is 53.9 Å². The number of fused-ring (bicyclic) bond motifs is 1. The summed E-state index contributed by atoms with van der Waals surface area (Å²) in [6, 6.07) is 6.63. The van der Waals surface area contributed by atoms with Crippen molar-refractivity contribution in [1.82, 2.24) is 19.9 Å². The van der Waals surface area contributed by atoms with Gasteiger partial charge in [-0.2, -0.15) is 0 Å². The zero-order valence-corrected chi connectivity index (χ0v) is 18.1. The summed E-state index contributed by atoms with van der Waals surface area (Å²) < 4.78 is 31.5. The van der Waals surface area contributed by atoms with Crippen molar-refractivity contribution in [1.29, 1.82) is 0 Å². The molecule has 4 aromatic rings. The molecule has 0 aliphatic rings. The van der Waals surface area contributed by atoms with Crippen LogP contribution in [0, 0.1) is 6.92 Å². The number of amides is 1. The summed E-state index contributed by atoms with van der Waals surface area (Å²) >= 11 is 0. The summed E-state index contributed by atoms with van der Waals surface area (Å²) in [6.45, 7) is 1.84. The average Bonchev–Trinajstić information content (AvgIpc) is 2.83. The quantitative estimate of drug-likeness (QED) is 0.441. The minimum absolute atomic E-state index is 0.240. The summed E-state index contributed by atoms with van der Waals surface area (Å²) in [7, 11) is 3.00. The highest BCUT2D eigenvalue weighted by molar-refractivity contribution is 6.05. The van der Waals surface area contributed by atoms with Crippen LogP contribution in [0.25, 0.3) is 22.0 Å². The van der Waals surface area contributed by atoms with Crippen molar-refractivity contribution < 1.29 is 18.3 Å². The van der Waals surface area contributed by atoms with E-state index in [1.165, 1.54) is 13.3 Å². The zero-order valence-electron chi connectivity index (χ0n) is 18.1. The number of pyridine rings is 4. The third-order valence-corrected chi connectivity index (χ3v) is 5.07. The summed E-state index contributed by atoms with van der Waals surface area (Å²) in [5, 5.41) is 6.48. The molecule has 4 heterocycles. The highest BCUT2D eigenvalue weighted by Crippen LogP contribution is 2.32. The number of halogens is 2. The van der Waals surface area contributed by atoms with Crippen LogP contribution in [0.5, 0.6) is 5.75 Å². The Morgan fingerprint density at radius 3 is 2.61 bits per heavy atom. The molecule has 4 aromatic heterocycles. The van der Waals surface area contributed by atoms with Crippen molar-refractivity contribution in [3.8, 4) is 16.9 Å². The number of aromatic nitrogens is 4. The Balaban J connectivity index is 1.67. The normalized spacial score (nSPS) is 11.0. The van der Waals surface area contributed by atoms with Crippen molar-refractivity contribution in [3.05, 3.63) is 66.0 Å². The fourth-order valence-electron chi connectivity index (χ4n) is 3.40. The van der Waals surface area contributed by atoms with Gasteiger partial charge >= 0.3 is 0 Å². The van der Waals surface area contributed by atoms with Gasteiger partial charge in [0.2, 0.25) is 0 Å². The Kier molecular flexibility index (Phi) is 6.07. The molecule has 0 fully saturated rings. The Labute approximate surface area is 188 Å². The van der Waals surface area contributed by atoms with Crippen LogP contribution in [-0.2, 0) is 0 Å². The lowest BCUT2D eigenvalue weighted by Crippen LogP contribution is -2.16. The molecule has 0 spiro atoms. The van der Waals surface area contributed by atoms with Crippen LogP contribution in [0.15, 0.2) is 49.1 Å². The van der Waals surface area contributed by atoms with Gasteiger partial charge in [0.1, 0.15) is 5.82 Å². The fraction of sp³-hybridized carbons (Fsp3) is 0.174. The summed E-state index contributed by atoms with van der Waals surface area (Å²) in [5.74, 6) is -0.242. The third-order valence-electron chi connectivity index (χ3n) is 5.07. The van der Waals surface area contributed by atoms with Crippen molar-refractivity contribution in [3.63, 3.8) is 0 Å². The van der Waals surface area contributed by atoms with Gasteiger partial charge in [-0.15, -0.1) is 0 Å². The van der Waals surface area contributed by atoms with Gasteiger partial charge in [-0.25, -0.2) is 18.7 Å². The van der Waals surface area contributed by atoms with Gasteiger partial charge < -0.3 is 15.4 Å². The molecule has 0 aromatic carbocycles. The molecule has 10 heteroatoms. The molecule has 168 valence electrons. The Bertz CT molecular complexity index is 1350. The number of carbonyl (C=O) groups excluding carboxylic acids is 1. The summed E-state index contributed by atoms with van der Waals surface area (Å²) in [4.78, 5) is 29.9. The van der Waals surface area contributed by atoms with Gasteiger partial charge in [-0.1, -0.05) is 0 Å². The predicted molar refractivity (Wildman–Crippen MR) is 121 cm³/mol. The van der Waals surface area contributed by atoms with Crippen molar-refractivity contribution in [2.75, 3.05) is 24.8 Å². The first-order valence-corrected chi connectivity index (χ1v) is 9.94. The monoisotopic (exact) mass is 450 g/mol. The highest BCUT2D eigenvalue weighted by Gasteiger charge is 2.22. The first kappa shape index (κ1) is 22.0. The van der Waals surface area contributed by atoms with E-state index in [2.05, 4.69) is 30.6 Å². The molecule has 0 saturated heterocycles. The first-order valence-electron chi connectivity index (χ1n) is 9.94. The molecule has 8 nitrogen and oxygen atoms in total. The summed E-state index contributed by atoms with van der Waals surface area (Å²) in [6.07, 6.45) is 3.26. The third kappa shape index (κ3) is 4.40. The van der Waals surface area contributed by atoms with E-state index >= 15 is 0 Å². The molecular formula is C23H20F2N6O2. The number of hydrogen-bond donors (Lipinski definition) is 2. The second-order valence-electron chi connectivity index (χ2n) is 7.13. The van der Waals surface area contributed by atoms with E-state index in [4.69, 9.17) is 4.74 Å². The van der Waals surface area contributed by atoms with E-state index in [-0.39, 0.29) is 11.4 Å². The molecule has 0 unspecified atom stereocenters. The van der Waals surface area contributed by atoms with Crippen LogP contribution in [0.1, 0.15) is 28.2 Å². The number of ether oxygens (including phenoxy) is 1. The lowest BCUT2D eigenvalue weighted by molar-refractivity contribution is 0.101. The van der Waals surface area contributed by atoms with Gasteiger partial charge in [0.25, 0.3) is 12.3 Å². The molecule has 0 saturated carbocycles. The number of alkyl halides is 2. The Hall–Kier alpha value is -4.21. The maximum absolute atomic E-state index is 13.3. The molecule has 0 aliphatic carbocycles. The lowest BCUT2D eigenvalue weighted by atomic mass is 10.0. The number of aryl methyl sites for hydroxylation is 1. The molecule has 4 rings (SSSR count). The second-order valence-corrected chi connectivity index (χ2v) is 7.13. The average molecular weight is 450 g/mol. The molecule has 0 atom stereocenters. The molecule has 0 radical (unpaired) electrons. The number of methoxy groups -OCH3 is 1. The molecule has 1 amide bonds. The standard InChI is InChI=1S/C23H20F2N6O2/c1-12-17(13-6-14-10-30-19(26-2)8-18(14)29-9-13)7-15(11-28-12)31-23(32)20-21(33-3)16(22(24)25)4-5-27-20/h4-11,22H,1-3H3,(H,26,30)(H,31,32). The fourth-order valence-corrected chi connectivity index (χ4v) is 3.40. The maximum atomic E-state index is 13.3. The van der Waals surface area contributed by atoms with Gasteiger partial charge in [0.05, 0.1) is 30.1 Å². The minimum atomic E-state index is -2.80. The van der Waals surface area contributed by atoms with Crippen LogP contribution in [0.4, 0.5) is 20.3 Å². The molecule has 33 heavy (non-hydrogen) atoms. The number of rotatable bonds is 6. The molecule has 0 bridgehead atoms. The van der Waals surface area contributed by atoms with Crippen LogP contribution >= 0.6 is 0 Å². The maximum Gasteiger partial charge on any atom is 0.278 e. The van der Waals surface area contributed by atoms with Crippen LogP contribution in [0.2, 0.25) is 0 Å². The number of nitrogens with zero attached hydrogens (tertiary/aromatic N) is 4. The van der Waals surface area contributed by atoms with Crippen molar-refractivity contribution in [2.45, 2.75) is 13.3 Å². The Morgan fingerprint density at radius 1 is 1.06 bits per heavy atom. The number of hydrogen-bond acceptors (Lipinski definition) is 7. The van der Waals surface area contributed by atoms with E-state index < -0.39 is 17.9 Å². The van der Waals surface area contributed by atoms with Crippen LogP contribution in [0.3, 0.4) is 0 Å². The molecule has 2 N–H and O–H groups in total. The topological polar surface area (TPSA) is 102 Å². The van der Waals surface area contributed by atoms with E-state index in [9.17, 15) is 13.6 Å². The van der Waals surface area contributed by atoms with E-state index in [1.54, 1.807) is 25.5 Å². The SMILES string of the molecule is CNc1cc2ncc(-c3cc(NC(=O)c4nccc(C(F)F)c4OC)cnc3C)cc2cn1. The molecular weight excluding hydrogens is 430 g/mol. The van der Waals surface area contributed by atoms with Crippen LogP contribution < -0.4 is 15.4 Å². The second kappa shape index (κ2) is 9.11. The molecule has 0 aliphatic heterocycles. The first-order chi connectivity index (χ1) is 15.9.